The first kappa shape index (κ1) is 13.6. The molecule has 100 valence electrons. The molecule has 0 saturated carbocycles. The zero-order valence-electron chi connectivity index (χ0n) is 11.8. The molecule has 0 bridgehead atoms. The van der Waals surface area contributed by atoms with E-state index in [0.717, 1.165) is 36.6 Å². The second-order valence-corrected chi connectivity index (χ2v) is 4.59. The summed E-state index contributed by atoms with van der Waals surface area (Å²) in [5.74, 6) is 0.704. The Morgan fingerprint density at radius 3 is 2.42 bits per heavy atom. The third-order valence-electron chi connectivity index (χ3n) is 3.04. The van der Waals surface area contributed by atoms with E-state index in [1.807, 2.05) is 32.0 Å². The van der Waals surface area contributed by atoms with E-state index < -0.39 is 0 Å². The monoisotopic (exact) mass is 256 g/mol. The highest BCUT2D eigenvalue weighted by molar-refractivity contribution is 5.49. The Balaban J connectivity index is 2.26. The maximum atomic E-state index is 4.57. The fourth-order valence-electron chi connectivity index (χ4n) is 2.00. The molecule has 0 unspecified atom stereocenters. The van der Waals surface area contributed by atoms with Crippen LogP contribution in [0.1, 0.15) is 30.3 Å². The van der Waals surface area contributed by atoms with Crippen molar-refractivity contribution in [3.63, 3.8) is 0 Å². The van der Waals surface area contributed by atoms with Gasteiger partial charge in [-0.05, 0) is 38.9 Å². The number of rotatable bonds is 5. The van der Waals surface area contributed by atoms with Crippen molar-refractivity contribution in [1.82, 2.24) is 20.3 Å². The summed E-state index contributed by atoms with van der Waals surface area (Å²) in [6.45, 7) is 8.07. The first-order valence-corrected chi connectivity index (χ1v) is 6.68. The largest absolute Gasteiger partial charge is 0.313 e. The van der Waals surface area contributed by atoms with Gasteiger partial charge in [0.05, 0.1) is 0 Å². The van der Waals surface area contributed by atoms with Crippen LogP contribution < -0.4 is 5.32 Å². The van der Waals surface area contributed by atoms with Gasteiger partial charge in [0.2, 0.25) is 0 Å². The van der Waals surface area contributed by atoms with Gasteiger partial charge in [0.15, 0.2) is 5.82 Å². The maximum Gasteiger partial charge on any atom is 0.178 e. The molecular weight excluding hydrogens is 236 g/mol. The second kappa shape index (κ2) is 6.38. The molecule has 0 atom stereocenters. The minimum absolute atomic E-state index is 0.704. The minimum atomic E-state index is 0.704. The Kier molecular flexibility index (Phi) is 4.58. The van der Waals surface area contributed by atoms with Crippen LogP contribution in [-0.4, -0.2) is 21.5 Å². The van der Waals surface area contributed by atoms with Gasteiger partial charge in [0.1, 0.15) is 5.69 Å². The number of aromatic nitrogens is 3. The molecule has 4 heteroatoms. The van der Waals surface area contributed by atoms with Gasteiger partial charge in [-0.25, -0.2) is 9.97 Å². The van der Waals surface area contributed by atoms with Gasteiger partial charge in [-0.2, -0.15) is 0 Å². The van der Waals surface area contributed by atoms with Crippen LogP contribution in [0.5, 0.6) is 0 Å². The van der Waals surface area contributed by atoms with Crippen molar-refractivity contribution in [3.8, 4) is 11.5 Å². The van der Waals surface area contributed by atoms with Gasteiger partial charge in [-0.15, -0.1) is 0 Å². The SMILES string of the molecule is CCCNCc1c(C)nc(-c2ccccn2)nc1C. The molecule has 2 heterocycles. The standard InChI is InChI=1S/C15H20N4/c1-4-8-16-10-13-11(2)18-15(19-12(13)3)14-7-5-6-9-17-14/h5-7,9,16H,4,8,10H2,1-3H3. The molecule has 0 radical (unpaired) electrons. The lowest BCUT2D eigenvalue weighted by molar-refractivity contribution is 0.665. The number of pyridine rings is 1. The first-order valence-electron chi connectivity index (χ1n) is 6.68. The summed E-state index contributed by atoms with van der Waals surface area (Å²) in [7, 11) is 0. The summed E-state index contributed by atoms with van der Waals surface area (Å²) in [6.07, 6.45) is 2.89. The smallest absolute Gasteiger partial charge is 0.178 e. The number of nitrogens with one attached hydrogen (secondary N) is 1. The van der Waals surface area contributed by atoms with Crippen molar-refractivity contribution in [2.24, 2.45) is 0 Å². The molecule has 2 rings (SSSR count). The van der Waals surface area contributed by atoms with Crippen LogP contribution in [0, 0.1) is 13.8 Å². The number of hydrogen-bond acceptors (Lipinski definition) is 4. The zero-order chi connectivity index (χ0) is 13.7. The summed E-state index contributed by atoms with van der Waals surface area (Å²) in [5.41, 5.74) is 4.06. The molecule has 4 nitrogen and oxygen atoms in total. The van der Waals surface area contributed by atoms with Gasteiger partial charge in [0.25, 0.3) is 0 Å². The molecule has 0 aromatic carbocycles. The second-order valence-electron chi connectivity index (χ2n) is 4.59. The number of aryl methyl sites for hydroxylation is 2. The molecule has 0 fully saturated rings. The van der Waals surface area contributed by atoms with E-state index in [1.165, 1.54) is 5.56 Å². The van der Waals surface area contributed by atoms with Crippen LogP contribution >= 0.6 is 0 Å². The van der Waals surface area contributed by atoms with Crippen molar-refractivity contribution >= 4 is 0 Å². The summed E-state index contributed by atoms with van der Waals surface area (Å²) in [6, 6.07) is 5.78. The zero-order valence-corrected chi connectivity index (χ0v) is 11.8. The lowest BCUT2D eigenvalue weighted by Crippen LogP contribution is -2.17. The highest BCUT2D eigenvalue weighted by atomic mass is 14.9. The van der Waals surface area contributed by atoms with Gasteiger partial charge >= 0.3 is 0 Å². The topological polar surface area (TPSA) is 50.7 Å². The van der Waals surface area contributed by atoms with Crippen molar-refractivity contribution < 1.29 is 0 Å². The van der Waals surface area contributed by atoms with E-state index in [4.69, 9.17) is 0 Å². The Labute approximate surface area is 114 Å². The van der Waals surface area contributed by atoms with E-state index in [-0.39, 0.29) is 0 Å². The maximum absolute atomic E-state index is 4.57. The fourth-order valence-corrected chi connectivity index (χ4v) is 2.00. The van der Waals surface area contributed by atoms with Gasteiger partial charge < -0.3 is 5.32 Å². The molecule has 0 aliphatic carbocycles. The molecule has 0 saturated heterocycles. The average Bonchev–Trinajstić information content (AvgIpc) is 2.43. The molecule has 0 amide bonds. The van der Waals surface area contributed by atoms with Crippen LogP contribution in [0.25, 0.3) is 11.5 Å². The molecule has 0 spiro atoms. The van der Waals surface area contributed by atoms with Crippen molar-refractivity contribution in [1.29, 1.82) is 0 Å². The predicted octanol–water partition coefficient (Wildman–Crippen LogP) is 2.66. The van der Waals surface area contributed by atoms with Crippen molar-refractivity contribution in [2.45, 2.75) is 33.7 Å². The van der Waals surface area contributed by atoms with Crippen LogP contribution in [0.4, 0.5) is 0 Å². The summed E-state index contributed by atoms with van der Waals surface area (Å²) in [4.78, 5) is 13.4. The summed E-state index contributed by atoms with van der Waals surface area (Å²) in [5, 5.41) is 3.40. The Hall–Kier alpha value is -1.81. The quantitative estimate of drug-likeness (QED) is 0.836. The van der Waals surface area contributed by atoms with Crippen LogP contribution in [0.2, 0.25) is 0 Å². The van der Waals surface area contributed by atoms with E-state index >= 15 is 0 Å². The normalized spacial score (nSPS) is 10.7. The minimum Gasteiger partial charge on any atom is -0.313 e. The van der Waals surface area contributed by atoms with E-state index in [2.05, 4.69) is 27.2 Å². The highest BCUT2D eigenvalue weighted by Crippen LogP contribution is 2.16. The fraction of sp³-hybridized carbons (Fsp3) is 0.400. The highest BCUT2D eigenvalue weighted by Gasteiger charge is 2.10. The molecule has 2 aromatic heterocycles. The Bertz CT molecular complexity index is 514. The molecular formula is C15H20N4. The summed E-state index contributed by atoms with van der Waals surface area (Å²) >= 11 is 0. The van der Waals surface area contributed by atoms with E-state index in [9.17, 15) is 0 Å². The van der Waals surface area contributed by atoms with Crippen molar-refractivity contribution in [3.05, 3.63) is 41.3 Å². The lowest BCUT2D eigenvalue weighted by atomic mass is 10.1. The number of hydrogen-bond donors (Lipinski definition) is 1. The number of nitrogens with zero attached hydrogens (tertiary/aromatic N) is 3. The van der Waals surface area contributed by atoms with Gasteiger partial charge in [-0.3, -0.25) is 4.98 Å². The Morgan fingerprint density at radius 1 is 1.11 bits per heavy atom. The molecule has 1 N–H and O–H groups in total. The predicted molar refractivity (Wildman–Crippen MR) is 76.7 cm³/mol. The summed E-state index contributed by atoms with van der Waals surface area (Å²) < 4.78 is 0. The molecule has 19 heavy (non-hydrogen) atoms. The van der Waals surface area contributed by atoms with Crippen LogP contribution in [0.3, 0.4) is 0 Å². The van der Waals surface area contributed by atoms with E-state index in [0.29, 0.717) is 5.82 Å². The molecule has 0 aliphatic rings. The van der Waals surface area contributed by atoms with Crippen molar-refractivity contribution in [2.75, 3.05) is 6.54 Å². The third-order valence-corrected chi connectivity index (χ3v) is 3.04. The van der Waals surface area contributed by atoms with Gasteiger partial charge in [0, 0.05) is 29.7 Å². The molecule has 0 aliphatic heterocycles. The average molecular weight is 256 g/mol. The van der Waals surface area contributed by atoms with Crippen LogP contribution in [-0.2, 0) is 6.54 Å². The first-order chi connectivity index (χ1) is 9.22. The molecule has 2 aromatic rings. The van der Waals surface area contributed by atoms with E-state index in [1.54, 1.807) is 6.20 Å². The Morgan fingerprint density at radius 2 is 1.84 bits per heavy atom. The van der Waals surface area contributed by atoms with Crippen LogP contribution in [0.15, 0.2) is 24.4 Å². The lowest BCUT2D eigenvalue weighted by Gasteiger charge is -2.11. The third kappa shape index (κ3) is 3.35. The van der Waals surface area contributed by atoms with Gasteiger partial charge in [-0.1, -0.05) is 13.0 Å².